The summed E-state index contributed by atoms with van der Waals surface area (Å²) in [6, 6.07) is 0. The van der Waals surface area contributed by atoms with E-state index in [9.17, 15) is 0 Å². The first-order valence-corrected chi connectivity index (χ1v) is 7.49. The first kappa shape index (κ1) is 15.0. The molecule has 6 heteroatoms. The van der Waals surface area contributed by atoms with Crippen molar-refractivity contribution in [3.63, 3.8) is 0 Å². The Hall–Kier alpha value is -1.43. The van der Waals surface area contributed by atoms with Gasteiger partial charge in [-0.2, -0.15) is 0 Å². The molecule has 0 fully saturated rings. The third-order valence-electron chi connectivity index (χ3n) is 3.02. The second-order valence-electron chi connectivity index (χ2n) is 4.98. The van der Waals surface area contributed by atoms with Gasteiger partial charge in [-0.15, -0.1) is 0 Å². The summed E-state index contributed by atoms with van der Waals surface area (Å²) in [6.45, 7) is 10.8. The smallest absolute Gasteiger partial charge is 0.167 e. The first-order chi connectivity index (χ1) is 9.45. The standard InChI is InChI=1S/C14H19BrN4O/c1-6-16-14-11(15)12(7(2)3)17-13(18-14)10-8(4)19-20-9(10)5/h7H,6H2,1-5H3,(H,16,17,18). The quantitative estimate of drug-likeness (QED) is 0.910. The van der Waals surface area contributed by atoms with E-state index in [1.807, 2.05) is 20.8 Å². The lowest BCUT2D eigenvalue weighted by Gasteiger charge is -2.14. The van der Waals surface area contributed by atoms with Gasteiger partial charge >= 0.3 is 0 Å². The highest BCUT2D eigenvalue weighted by atomic mass is 79.9. The molecule has 1 N–H and O–H groups in total. The minimum atomic E-state index is 0.295. The average molecular weight is 339 g/mol. The van der Waals surface area contributed by atoms with E-state index in [-0.39, 0.29) is 0 Å². The molecule has 0 bridgehead atoms. The zero-order valence-corrected chi connectivity index (χ0v) is 14.0. The summed E-state index contributed by atoms with van der Waals surface area (Å²) in [4.78, 5) is 9.28. The number of hydrogen-bond acceptors (Lipinski definition) is 5. The van der Waals surface area contributed by atoms with Crippen LogP contribution >= 0.6 is 15.9 Å². The minimum Gasteiger partial charge on any atom is -0.369 e. The first-order valence-electron chi connectivity index (χ1n) is 6.70. The largest absolute Gasteiger partial charge is 0.369 e. The Morgan fingerprint density at radius 3 is 2.45 bits per heavy atom. The molecule has 0 saturated heterocycles. The van der Waals surface area contributed by atoms with Crippen LogP contribution in [0.25, 0.3) is 11.4 Å². The van der Waals surface area contributed by atoms with E-state index in [0.29, 0.717) is 11.7 Å². The van der Waals surface area contributed by atoms with E-state index >= 15 is 0 Å². The molecule has 0 spiro atoms. The molecular formula is C14H19BrN4O. The Bertz CT molecular complexity index is 602. The Kier molecular flexibility index (Phi) is 4.42. The van der Waals surface area contributed by atoms with Crippen LogP contribution in [0.3, 0.4) is 0 Å². The van der Waals surface area contributed by atoms with Crippen LogP contribution in [0, 0.1) is 13.8 Å². The zero-order chi connectivity index (χ0) is 14.9. The van der Waals surface area contributed by atoms with Gasteiger partial charge < -0.3 is 9.84 Å². The van der Waals surface area contributed by atoms with Crippen molar-refractivity contribution >= 4 is 21.7 Å². The van der Waals surface area contributed by atoms with Crippen LogP contribution in [0.1, 0.15) is 43.8 Å². The molecule has 0 aliphatic heterocycles. The Morgan fingerprint density at radius 2 is 1.95 bits per heavy atom. The topological polar surface area (TPSA) is 63.8 Å². The predicted octanol–water partition coefficient (Wildman–Crippen LogP) is 4.07. The SMILES string of the molecule is CCNc1nc(-c2c(C)noc2C)nc(C(C)C)c1Br. The molecule has 2 heterocycles. The van der Waals surface area contributed by atoms with Gasteiger partial charge in [0.2, 0.25) is 0 Å². The molecule has 0 aromatic carbocycles. The number of nitrogens with zero attached hydrogens (tertiary/aromatic N) is 3. The number of rotatable bonds is 4. The number of anilines is 1. The van der Waals surface area contributed by atoms with Crippen molar-refractivity contribution in [1.29, 1.82) is 0 Å². The van der Waals surface area contributed by atoms with Gasteiger partial charge in [-0.05, 0) is 42.6 Å². The van der Waals surface area contributed by atoms with Crippen molar-refractivity contribution < 1.29 is 4.52 Å². The van der Waals surface area contributed by atoms with Crippen LogP contribution in [-0.2, 0) is 0 Å². The Balaban J connectivity index is 2.65. The normalized spacial score (nSPS) is 11.2. The van der Waals surface area contributed by atoms with E-state index in [0.717, 1.165) is 39.5 Å². The van der Waals surface area contributed by atoms with E-state index in [2.05, 4.69) is 50.2 Å². The summed E-state index contributed by atoms with van der Waals surface area (Å²) in [5, 5.41) is 7.24. The Labute approximate surface area is 127 Å². The maximum Gasteiger partial charge on any atom is 0.167 e. The molecule has 2 aromatic heterocycles. The number of nitrogens with one attached hydrogen (secondary N) is 1. The van der Waals surface area contributed by atoms with Crippen LogP contribution in [0.5, 0.6) is 0 Å². The molecule has 108 valence electrons. The van der Waals surface area contributed by atoms with E-state index in [1.165, 1.54) is 0 Å². The van der Waals surface area contributed by atoms with Crippen molar-refractivity contribution in [3.05, 3.63) is 21.6 Å². The van der Waals surface area contributed by atoms with Gasteiger partial charge in [0.1, 0.15) is 11.6 Å². The third-order valence-corrected chi connectivity index (χ3v) is 3.81. The molecule has 20 heavy (non-hydrogen) atoms. The van der Waals surface area contributed by atoms with E-state index in [4.69, 9.17) is 4.52 Å². The molecule has 0 aliphatic carbocycles. The average Bonchev–Trinajstić information content (AvgIpc) is 2.72. The molecule has 0 unspecified atom stereocenters. The highest BCUT2D eigenvalue weighted by Crippen LogP contribution is 2.33. The predicted molar refractivity (Wildman–Crippen MR) is 83.0 cm³/mol. The second-order valence-corrected chi connectivity index (χ2v) is 5.77. The van der Waals surface area contributed by atoms with Crippen LogP contribution in [-0.4, -0.2) is 21.7 Å². The molecule has 2 rings (SSSR count). The lowest BCUT2D eigenvalue weighted by Crippen LogP contribution is -2.07. The fraction of sp³-hybridized carbons (Fsp3) is 0.500. The summed E-state index contributed by atoms with van der Waals surface area (Å²) >= 11 is 3.59. The number of hydrogen-bond donors (Lipinski definition) is 1. The molecule has 0 saturated carbocycles. The fourth-order valence-corrected chi connectivity index (χ4v) is 2.82. The molecule has 0 atom stereocenters. The fourth-order valence-electron chi connectivity index (χ4n) is 2.05. The van der Waals surface area contributed by atoms with Crippen LogP contribution in [0.2, 0.25) is 0 Å². The lowest BCUT2D eigenvalue weighted by molar-refractivity contribution is 0.393. The second kappa shape index (κ2) is 5.91. The maximum atomic E-state index is 5.22. The van der Waals surface area contributed by atoms with Crippen molar-refractivity contribution in [2.45, 2.75) is 40.5 Å². The van der Waals surface area contributed by atoms with Gasteiger partial charge in [0, 0.05) is 6.54 Å². The highest BCUT2D eigenvalue weighted by molar-refractivity contribution is 9.10. The summed E-state index contributed by atoms with van der Waals surface area (Å²) in [7, 11) is 0. The van der Waals surface area contributed by atoms with Gasteiger partial charge in [-0.25, -0.2) is 9.97 Å². The summed E-state index contributed by atoms with van der Waals surface area (Å²) in [5.74, 6) is 2.50. The van der Waals surface area contributed by atoms with Crippen LogP contribution in [0.4, 0.5) is 5.82 Å². The molecule has 2 aromatic rings. The number of aryl methyl sites for hydroxylation is 2. The molecule has 0 amide bonds. The van der Waals surface area contributed by atoms with Gasteiger partial charge in [0.15, 0.2) is 5.82 Å². The van der Waals surface area contributed by atoms with E-state index < -0.39 is 0 Å². The van der Waals surface area contributed by atoms with Crippen LogP contribution in [0.15, 0.2) is 9.00 Å². The number of halogens is 1. The molecule has 5 nitrogen and oxygen atoms in total. The highest BCUT2D eigenvalue weighted by Gasteiger charge is 2.20. The zero-order valence-electron chi connectivity index (χ0n) is 12.4. The van der Waals surface area contributed by atoms with Crippen molar-refractivity contribution in [2.24, 2.45) is 0 Å². The minimum absolute atomic E-state index is 0.295. The van der Waals surface area contributed by atoms with Crippen molar-refractivity contribution in [3.8, 4) is 11.4 Å². The van der Waals surface area contributed by atoms with Crippen molar-refractivity contribution in [2.75, 3.05) is 11.9 Å². The van der Waals surface area contributed by atoms with Crippen LogP contribution < -0.4 is 5.32 Å². The monoisotopic (exact) mass is 338 g/mol. The molecule has 0 aliphatic rings. The van der Waals surface area contributed by atoms with Gasteiger partial charge in [0.05, 0.1) is 21.4 Å². The van der Waals surface area contributed by atoms with Gasteiger partial charge in [0.25, 0.3) is 0 Å². The van der Waals surface area contributed by atoms with Gasteiger partial charge in [-0.3, -0.25) is 0 Å². The maximum absolute atomic E-state index is 5.22. The van der Waals surface area contributed by atoms with E-state index in [1.54, 1.807) is 0 Å². The Morgan fingerprint density at radius 1 is 1.25 bits per heavy atom. The molecule has 0 radical (unpaired) electrons. The molecular weight excluding hydrogens is 320 g/mol. The summed E-state index contributed by atoms with van der Waals surface area (Å²) in [6.07, 6.45) is 0. The van der Waals surface area contributed by atoms with Gasteiger partial charge in [-0.1, -0.05) is 19.0 Å². The lowest BCUT2D eigenvalue weighted by atomic mass is 10.1. The third kappa shape index (κ3) is 2.70. The summed E-state index contributed by atoms with van der Waals surface area (Å²) < 4.78 is 6.14. The summed E-state index contributed by atoms with van der Waals surface area (Å²) in [5.41, 5.74) is 2.66. The van der Waals surface area contributed by atoms with Crippen molar-refractivity contribution in [1.82, 2.24) is 15.1 Å². The number of aromatic nitrogens is 3.